The molecule has 3 aromatic heterocycles. The lowest BCUT2D eigenvalue weighted by atomic mass is 9.77. The van der Waals surface area contributed by atoms with Crippen molar-refractivity contribution >= 4 is 28.6 Å². The molecule has 7 aromatic rings. The number of anilines is 1. The van der Waals surface area contributed by atoms with E-state index in [1.165, 1.54) is 0 Å². The zero-order valence-electron chi connectivity index (χ0n) is 32.7. The highest BCUT2D eigenvalue weighted by Gasteiger charge is 2.41. The first kappa shape index (κ1) is 37.2. The lowest BCUT2D eigenvalue weighted by Crippen LogP contribution is -2.39. The van der Waals surface area contributed by atoms with Gasteiger partial charge in [0.25, 0.3) is 0 Å². The van der Waals surface area contributed by atoms with Gasteiger partial charge in [-0.2, -0.15) is 5.10 Å². The molecule has 0 spiro atoms. The third-order valence-corrected chi connectivity index (χ3v) is 10.0. The molecule has 4 heterocycles. The van der Waals surface area contributed by atoms with Crippen LogP contribution in [0.15, 0.2) is 140 Å². The summed E-state index contributed by atoms with van der Waals surface area (Å²) in [5, 5.41) is 18.1. The van der Waals surface area contributed by atoms with E-state index in [9.17, 15) is 4.79 Å². The highest BCUT2D eigenvalue weighted by molar-refractivity contribution is 5.94. The van der Waals surface area contributed by atoms with E-state index in [-0.39, 0.29) is 6.54 Å². The van der Waals surface area contributed by atoms with E-state index in [0.29, 0.717) is 43.1 Å². The van der Waals surface area contributed by atoms with Gasteiger partial charge in [-0.3, -0.25) is 4.68 Å². The largest absolute Gasteiger partial charge is 0.494 e. The summed E-state index contributed by atoms with van der Waals surface area (Å²) in [6.45, 7) is 7.30. The monoisotopic (exact) mass is 758 g/mol. The highest BCUT2D eigenvalue weighted by atomic mass is 16.6. The van der Waals surface area contributed by atoms with Gasteiger partial charge in [0, 0.05) is 37.5 Å². The van der Waals surface area contributed by atoms with Crippen LogP contribution >= 0.6 is 0 Å². The number of hydrogen-bond donors (Lipinski definition) is 1. The van der Waals surface area contributed by atoms with Crippen LogP contribution in [0, 0.1) is 0 Å². The molecule has 0 unspecified atom stereocenters. The normalized spacial score (nSPS) is 14.8. The van der Waals surface area contributed by atoms with Gasteiger partial charge in [0.1, 0.15) is 28.2 Å². The number of carbonyl (C=O) groups is 1. The second kappa shape index (κ2) is 15.8. The minimum absolute atomic E-state index is 0.262. The summed E-state index contributed by atoms with van der Waals surface area (Å²) >= 11 is 0. The van der Waals surface area contributed by atoms with Crippen molar-refractivity contribution in [3.05, 3.63) is 173 Å². The Bertz CT molecular complexity index is 2410. The van der Waals surface area contributed by atoms with Crippen LogP contribution in [0.2, 0.25) is 0 Å². The number of rotatable bonds is 6. The number of hydrogen-bond acceptors (Lipinski definition) is 8. The van der Waals surface area contributed by atoms with Crippen LogP contribution in [0.4, 0.5) is 10.6 Å². The first-order valence-corrected chi connectivity index (χ1v) is 19.3. The number of carbonyl (C=O) groups excluding carboxylic acids is 1. The SMILES string of the molecule is CNc1cc(/C2=C/CN(C(=O)OC(C)(C)C)CCCOc3cccc(c3)Cn3cc2cn3)c2nnn(C(c3ccccc3)(c3ccccc3)c3ccccc3)c2n1. The molecule has 1 N–H and O–H groups in total. The first-order chi connectivity index (χ1) is 27.7. The lowest BCUT2D eigenvalue weighted by Gasteiger charge is -2.36. The summed E-state index contributed by atoms with van der Waals surface area (Å²) in [5.74, 6) is 1.41. The quantitative estimate of drug-likeness (QED) is 0.168. The van der Waals surface area contributed by atoms with Crippen molar-refractivity contribution in [2.45, 2.75) is 44.9 Å². The molecule has 57 heavy (non-hydrogen) atoms. The molecule has 288 valence electrons. The van der Waals surface area contributed by atoms with Crippen LogP contribution < -0.4 is 10.1 Å². The van der Waals surface area contributed by atoms with Crippen molar-refractivity contribution in [3.8, 4) is 5.75 Å². The number of benzene rings is 4. The van der Waals surface area contributed by atoms with Crippen LogP contribution in [0.25, 0.3) is 16.7 Å². The second-order valence-electron chi connectivity index (χ2n) is 15.1. The summed E-state index contributed by atoms with van der Waals surface area (Å²) in [7, 11) is 1.86. The van der Waals surface area contributed by atoms with E-state index in [1.54, 1.807) is 4.90 Å². The number of aromatic nitrogens is 6. The van der Waals surface area contributed by atoms with Gasteiger partial charge in [0.2, 0.25) is 0 Å². The smallest absolute Gasteiger partial charge is 0.410 e. The molecule has 1 aliphatic rings. The molecular weight excluding hydrogens is 713 g/mol. The van der Waals surface area contributed by atoms with Gasteiger partial charge in [-0.1, -0.05) is 114 Å². The van der Waals surface area contributed by atoms with Crippen LogP contribution in [0.5, 0.6) is 5.75 Å². The molecule has 1 amide bonds. The maximum absolute atomic E-state index is 13.7. The van der Waals surface area contributed by atoms with E-state index in [0.717, 1.165) is 44.7 Å². The highest BCUT2D eigenvalue weighted by Crippen LogP contribution is 2.43. The summed E-state index contributed by atoms with van der Waals surface area (Å²) in [5.41, 5.74) is 6.11. The number of amides is 1. The van der Waals surface area contributed by atoms with Crippen LogP contribution in [0.3, 0.4) is 0 Å². The molecule has 0 saturated heterocycles. The predicted octanol–water partition coefficient (Wildman–Crippen LogP) is 8.40. The van der Waals surface area contributed by atoms with Crippen LogP contribution in [0.1, 0.15) is 60.6 Å². The fourth-order valence-corrected chi connectivity index (χ4v) is 7.49. The molecule has 4 aromatic carbocycles. The molecule has 0 saturated carbocycles. The summed E-state index contributed by atoms with van der Waals surface area (Å²) in [6.07, 6.45) is 6.14. The van der Waals surface area contributed by atoms with Gasteiger partial charge in [-0.25, -0.2) is 14.5 Å². The van der Waals surface area contributed by atoms with E-state index < -0.39 is 17.2 Å². The van der Waals surface area contributed by atoms with Gasteiger partial charge in [0.15, 0.2) is 5.65 Å². The third-order valence-electron chi connectivity index (χ3n) is 10.0. The molecule has 0 atom stereocenters. The van der Waals surface area contributed by atoms with Crippen LogP contribution in [-0.2, 0) is 16.8 Å². The average molecular weight is 759 g/mol. The standard InChI is InChI=1S/C46H46N8O3/c1-45(2,3)57-44(55)52-25-15-27-56-38-23-14-16-33(28-38)31-53-32-34(30-48-53)39(24-26-52)40-29-41(47-4)49-43-42(40)50-51-54(43)46(35-17-8-5-9-18-35,36-19-10-6-11-20-36)37-21-12-7-13-22-37/h5-14,16-24,28-30,32H,15,25-27,31H2,1-4H3,(H,47,49)/b39-24+. The van der Waals surface area contributed by atoms with E-state index in [2.05, 4.69) is 53.9 Å². The van der Waals surface area contributed by atoms with E-state index >= 15 is 0 Å². The number of ether oxygens (including phenoxy) is 2. The number of pyridine rings is 1. The Morgan fingerprint density at radius 3 is 2.14 bits per heavy atom. The number of nitrogens with zero attached hydrogens (tertiary/aromatic N) is 7. The summed E-state index contributed by atoms with van der Waals surface area (Å²) < 4.78 is 15.9. The Kier molecular flexibility index (Phi) is 10.3. The van der Waals surface area contributed by atoms with Gasteiger partial charge < -0.3 is 19.7 Å². The minimum Gasteiger partial charge on any atom is -0.494 e. The lowest BCUT2D eigenvalue weighted by molar-refractivity contribution is 0.0264. The molecule has 1 aliphatic heterocycles. The molecule has 11 heteroatoms. The van der Waals surface area contributed by atoms with Gasteiger partial charge in [0.05, 0.1) is 19.3 Å². The molecule has 0 fully saturated rings. The van der Waals surface area contributed by atoms with Gasteiger partial charge >= 0.3 is 6.09 Å². The van der Waals surface area contributed by atoms with Crippen molar-refractivity contribution in [2.75, 3.05) is 32.1 Å². The minimum atomic E-state index is -0.944. The van der Waals surface area contributed by atoms with Crippen molar-refractivity contribution in [2.24, 2.45) is 0 Å². The van der Waals surface area contributed by atoms with Crippen LogP contribution in [-0.4, -0.2) is 73.1 Å². The number of nitrogens with one attached hydrogen (secondary N) is 1. The predicted molar refractivity (Wildman–Crippen MR) is 222 cm³/mol. The Balaban J connectivity index is 1.36. The second-order valence-corrected chi connectivity index (χ2v) is 15.1. The fraction of sp³-hybridized carbons (Fsp3) is 0.239. The number of fused-ring (bicyclic) bond motifs is 5. The van der Waals surface area contributed by atoms with E-state index in [1.807, 2.05) is 128 Å². The van der Waals surface area contributed by atoms with Crippen molar-refractivity contribution in [1.29, 1.82) is 0 Å². The van der Waals surface area contributed by atoms with E-state index in [4.69, 9.17) is 29.9 Å². The maximum atomic E-state index is 13.7. The van der Waals surface area contributed by atoms with Crippen molar-refractivity contribution < 1.29 is 14.3 Å². The topological polar surface area (TPSA) is 112 Å². The summed E-state index contributed by atoms with van der Waals surface area (Å²) in [6, 6.07) is 41.1. The molecule has 8 rings (SSSR count). The molecule has 4 bridgehead atoms. The Morgan fingerprint density at radius 2 is 1.51 bits per heavy atom. The average Bonchev–Trinajstić information content (AvgIpc) is 3.87. The molecule has 11 nitrogen and oxygen atoms in total. The Hall–Kier alpha value is -6.75. The van der Waals surface area contributed by atoms with Crippen molar-refractivity contribution in [3.63, 3.8) is 0 Å². The fourth-order valence-electron chi connectivity index (χ4n) is 7.49. The zero-order chi connectivity index (χ0) is 39.4. The summed E-state index contributed by atoms with van der Waals surface area (Å²) in [4.78, 5) is 20.6. The molecule has 0 aliphatic carbocycles. The zero-order valence-corrected chi connectivity index (χ0v) is 32.7. The van der Waals surface area contributed by atoms with Gasteiger partial charge in [-0.05, 0) is 73.2 Å². The molecule has 0 radical (unpaired) electrons. The Morgan fingerprint density at radius 1 is 0.842 bits per heavy atom. The van der Waals surface area contributed by atoms with Gasteiger partial charge in [-0.15, -0.1) is 5.10 Å². The van der Waals surface area contributed by atoms with Crippen molar-refractivity contribution in [1.82, 2.24) is 34.7 Å². The third kappa shape index (κ3) is 7.60. The molecular formula is C46H46N8O3. The Labute approximate surface area is 332 Å². The first-order valence-electron chi connectivity index (χ1n) is 19.3. The maximum Gasteiger partial charge on any atom is 0.410 e.